The average molecular weight is 310 g/mol. The number of nitrogens with zero attached hydrogens (tertiary/aromatic N) is 3. The summed E-state index contributed by atoms with van der Waals surface area (Å²) in [5.74, 6) is -0.524. The van der Waals surface area contributed by atoms with Crippen LogP contribution in [0, 0.1) is 0 Å². The summed E-state index contributed by atoms with van der Waals surface area (Å²) >= 11 is 1.53. The van der Waals surface area contributed by atoms with Gasteiger partial charge < -0.3 is 15.5 Å². The highest BCUT2D eigenvalue weighted by Gasteiger charge is 2.22. The maximum Gasteiger partial charge on any atom is 0.339 e. The first-order valence-corrected chi connectivity index (χ1v) is 7.74. The smallest absolute Gasteiger partial charge is 0.339 e. The van der Waals surface area contributed by atoms with Gasteiger partial charge in [-0.25, -0.2) is 9.78 Å². The minimum Gasteiger partial charge on any atom is -0.478 e. The molecule has 0 saturated heterocycles. The first kappa shape index (κ1) is 15.6. The number of pyridine rings is 1. The number of carboxylic acid groups (broad SMARTS) is 1. The third kappa shape index (κ3) is 3.27. The second-order valence-electron chi connectivity index (χ2n) is 5.14. The van der Waals surface area contributed by atoms with E-state index >= 15 is 0 Å². The number of anilines is 1. The van der Waals surface area contributed by atoms with Gasteiger partial charge in [-0.1, -0.05) is 0 Å². The highest BCUT2D eigenvalue weighted by molar-refractivity contribution is 7.98. The third-order valence-corrected chi connectivity index (χ3v) is 4.00. The SMILES string of the molecule is CSCC(C)(O)CNc1c(C(=O)O)cnc2c1cnn2C. The fourth-order valence-corrected chi connectivity index (χ4v) is 2.81. The van der Waals surface area contributed by atoms with Gasteiger partial charge in [0.15, 0.2) is 5.65 Å². The van der Waals surface area contributed by atoms with Gasteiger partial charge in [0.2, 0.25) is 0 Å². The van der Waals surface area contributed by atoms with Crippen LogP contribution in [0.4, 0.5) is 5.69 Å². The lowest BCUT2D eigenvalue weighted by Gasteiger charge is -2.23. The van der Waals surface area contributed by atoms with Crippen molar-refractivity contribution in [3.05, 3.63) is 18.0 Å². The molecule has 8 heteroatoms. The topological polar surface area (TPSA) is 100 Å². The van der Waals surface area contributed by atoms with Gasteiger partial charge in [-0.2, -0.15) is 16.9 Å². The summed E-state index contributed by atoms with van der Waals surface area (Å²) in [7, 11) is 1.74. The molecule has 0 aliphatic carbocycles. The zero-order valence-corrected chi connectivity index (χ0v) is 12.9. The van der Waals surface area contributed by atoms with E-state index in [1.54, 1.807) is 24.9 Å². The highest BCUT2D eigenvalue weighted by atomic mass is 32.2. The predicted molar refractivity (Wildman–Crippen MR) is 83.0 cm³/mol. The van der Waals surface area contributed by atoms with Crippen molar-refractivity contribution in [2.24, 2.45) is 7.05 Å². The van der Waals surface area contributed by atoms with Crippen molar-refractivity contribution >= 4 is 34.5 Å². The lowest BCUT2D eigenvalue weighted by atomic mass is 10.1. The van der Waals surface area contributed by atoms with E-state index in [1.807, 2.05) is 6.26 Å². The van der Waals surface area contributed by atoms with Gasteiger partial charge >= 0.3 is 5.97 Å². The number of aromatic carboxylic acids is 1. The molecule has 0 aliphatic heterocycles. The van der Waals surface area contributed by atoms with Crippen LogP contribution >= 0.6 is 11.8 Å². The van der Waals surface area contributed by atoms with Crippen LogP contribution in [0.5, 0.6) is 0 Å². The summed E-state index contributed by atoms with van der Waals surface area (Å²) < 4.78 is 1.58. The van der Waals surface area contributed by atoms with Crippen LogP contribution < -0.4 is 5.32 Å². The van der Waals surface area contributed by atoms with Gasteiger partial charge in [0.1, 0.15) is 5.56 Å². The molecule has 3 N–H and O–H groups in total. The molecule has 1 unspecified atom stereocenters. The monoisotopic (exact) mass is 310 g/mol. The summed E-state index contributed by atoms with van der Waals surface area (Å²) in [6.07, 6.45) is 4.78. The molecule has 0 bridgehead atoms. The van der Waals surface area contributed by atoms with Crippen molar-refractivity contribution in [1.29, 1.82) is 0 Å². The Morgan fingerprint density at radius 3 is 2.86 bits per heavy atom. The molecule has 1 atom stereocenters. The molecule has 2 aromatic heterocycles. The average Bonchev–Trinajstić information content (AvgIpc) is 2.78. The molecule has 0 aromatic carbocycles. The number of rotatable bonds is 6. The zero-order chi connectivity index (χ0) is 15.6. The summed E-state index contributed by atoms with van der Waals surface area (Å²) in [5.41, 5.74) is 0.150. The van der Waals surface area contributed by atoms with Gasteiger partial charge in [0, 0.05) is 25.5 Å². The number of aryl methyl sites for hydroxylation is 1. The predicted octanol–water partition coefficient (Wildman–Crippen LogP) is 1.19. The number of thioether (sulfide) groups is 1. The lowest BCUT2D eigenvalue weighted by Crippen LogP contribution is -2.36. The maximum absolute atomic E-state index is 11.3. The first-order chi connectivity index (χ1) is 9.85. The number of hydrogen-bond acceptors (Lipinski definition) is 6. The molecule has 0 spiro atoms. The van der Waals surface area contributed by atoms with Crippen LogP contribution in [0.25, 0.3) is 11.0 Å². The van der Waals surface area contributed by atoms with E-state index in [4.69, 9.17) is 0 Å². The van der Waals surface area contributed by atoms with Crippen molar-refractivity contribution < 1.29 is 15.0 Å². The second kappa shape index (κ2) is 5.90. The Hall–Kier alpha value is -1.80. The normalized spacial score (nSPS) is 14.1. The standard InChI is InChI=1S/C13H18N4O3S/c1-13(20,7-21-3)6-15-10-8-5-16-17(2)11(8)14-4-9(10)12(18)19/h4-5,20H,6-7H2,1-3H3,(H,14,15)(H,18,19). The number of carbonyl (C=O) groups is 1. The van der Waals surface area contributed by atoms with E-state index in [-0.39, 0.29) is 12.1 Å². The van der Waals surface area contributed by atoms with Crippen LogP contribution in [0.3, 0.4) is 0 Å². The van der Waals surface area contributed by atoms with Crippen LogP contribution in [-0.2, 0) is 7.05 Å². The van der Waals surface area contributed by atoms with Crippen molar-refractivity contribution in [3.63, 3.8) is 0 Å². The van der Waals surface area contributed by atoms with Gasteiger partial charge in [-0.3, -0.25) is 4.68 Å². The molecule has 2 aromatic rings. The lowest BCUT2D eigenvalue weighted by molar-refractivity contribution is 0.0696. The molecule has 7 nitrogen and oxygen atoms in total. The third-order valence-electron chi connectivity index (χ3n) is 3.09. The molecule has 0 amide bonds. The number of carboxylic acids is 1. The van der Waals surface area contributed by atoms with Crippen molar-refractivity contribution in [1.82, 2.24) is 14.8 Å². The second-order valence-corrected chi connectivity index (χ2v) is 6.01. The summed E-state index contributed by atoms with van der Waals surface area (Å²) in [5, 5.41) is 27.3. The van der Waals surface area contributed by atoms with E-state index in [0.717, 1.165) is 0 Å². The summed E-state index contributed by atoms with van der Waals surface area (Å²) in [4.78, 5) is 15.5. The largest absolute Gasteiger partial charge is 0.478 e. The van der Waals surface area contributed by atoms with E-state index in [9.17, 15) is 15.0 Å². The number of aliphatic hydroxyl groups is 1. The van der Waals surface area contributed by atoms with Crippen LogP contribution in [0.2, 0.25) is 0 Å². The fourth-order valence-electron chi connectivity index (χ4n) is 2.09. The van der Waals surface area contributed by atoms with Crippen LogP contribution in [0.15, 0.2) is 12.4 Å². The van der Waals surface area contributed by atoms with E-state index in [0.29, 0.717) is 22.5 Å². The number of hydrogen-bond donors (Lipinski definition) is 3. The van der Waals surface area contributed by atoms with E-state index < -0.39 is 11.6 Å². The Labute approximate surface area is 126 Å². The quantitative estimate of drug-likeness (QED) is 0.737. The van der Waals surface area contributed by atoms with Gasteiger partial charge in [0.25, 0.3) is 0 Å². The Balaban J connectivity index is 2.40. The van der Waals surface area contributed by atoms with E-state index in [2.05, 4.69) is 15.4 Å². The number of fused-ring (bicyclic) bond motifs is 1. The van der Waals surface area contributed by atoms with E-state index in [1.165, 1.54) is 18.0 Å². The molecule has 2 rings (SSSR count). The Morgan fingerprint density at radius 2 is 2.24 bits per heavy atom. The molecule has 114 valence electrons. The van der Waals surface area contributed by atoms with Gasteiger partial charge in [0.05, 0.1) is 22.9 Å². The Kier molecular flexibility index (Phi) is 4.38. The fraction of sp³-hybridized carbons (Fsp3) is 0.462. The molecule has 0 fully saturated rings. The van der Waals surface area contributed by atoms with Gasteiger partial charge in [-0.05, 0) is 13.2 Å². The van der Waals surface area contributed by atoms with Crippen molar-refractivity contribution in [2.75, 3.05) is 23.9 Å². The Morgan fingerprint density at radius 1 is 1.52 bits per heavy atom. The Bertz CT molecular complexity index is 669. The molecular weight excluding hydrogens is 292 g/mol. The zero-order valence-electron chi connectivity index (χ0n) is 12.1. The van der Waals surface area contributed by atoms with Crippen molar-refractivity contribution in [3.8, 4) is 0 Å². The minimum absolute atomic E-state index is 0.0652. The number of nitrogens with one attached hydrogen (secondary N) is 1. The van der Waals surface area contributed by atoms with Crippen LogP contribution in [-0.4, -0.2) is 55.1 Å². The van der Waals surface area contributed by atoms with Crippen molar-refractivity contribution in [2.45, 2.75) is 12.5 Å². The maximum atomic E-state index is 11.3. The molecular formula is C13H18N4O3S. The summed E-state index contributed by atoms with van der Waals surface area (Å²) in [6.45, 7) is 1.95. The molecule has 21 heavy (non-hydrogen) atoms. The van der Waals surface area contributed by atoms with Gasteiger partial charge in [-0.15, -0.1) is 0 Å². The number of aromatic nitrogens is 3. The first-order valence-electron chi connectivity index (χ1n) is 6.35. The highest BCUT2D eigenvalue weighted by Crippen LogP contribution is 2.26. The molecule has 0 saturated carbocycles. The van der Waals surface area contributed by atoms with Crippen LogP contribution in [0.1, 0.15) is 17.3 Å². The summed E-state index contributed by atoms with van der Waals surface area (Å²) in [6, 6.07) is 0. The molecule has 0 radical (unpaired) electrons. The molecule has 2 heterocycles. The minimum atomic E-state index is -1.07. The molecule has 0 aliphatic rings.